The summed E-state index contributed by atoms with van der Waals surface area (Å²) in [4.78, 5) is 0. The average Bonchev–Trinajstić information content (AvgIpc) is 2.64. The molecule has 0 radical (unpaired) electrons. The fourth-order valence-electron chi connectivity index (χ4n) is 2.08. The molecule has 2 heterocycles. The number of benzene rings is 1. The van der Waals surface area contributed by atoms with Crippen LogP contribution in [0.25, 0.3) is 11.1 Å². The lowest BCUT2D eigenvalue weighted by molar-refractivity contribution is 0.326. The molecule has 0 fully saturated rings. The van der Waals surface area contributed by atoms with Gasteiger partial charge in [0, 0.05) is 22.9 Å². The average molecular weight is 248 g/mol. The van der Waals surface area contributed by atoms with Gasteiger partial charge in [0.2, 0.25) is 0 Å². The van der Waals surface area contributed by atoms with Gasteiger partial charge in [-0.3, -0.25) is 0 Å². The lowest BCUT2D eigenvalue weighted by Crippen LogP contribution is -1.98. The van der Waals surface area contributed by atoms with Crippen molar-refractivity contribution in [2.45, 2.75) is 10.6 Å². The molecule has 82 valence electrons. The van der Waals surface area contributed by atoms with Gasteiger partial charge in [0.05, 0.1) is 10.8 Å². The third-order valence-electron chi connectivity index (χ3n) is 2.83. The first-order valence-electron chi connectivity index (χ1n) is 5.26. The van der Waals surface area contributed by atoms with E-state index in [1.54, 1.807) is 0 Å². The standard InChI is InChI=1S/C13H12OS2/c1-15-13-10-6-7-14-12-5-3-2-4-9(12)11(10)8-16-13/h2-5,8H,6-7H2,1H3. The van der Waals surface area contributed by atoms with Gasteiger partial charge in [-0.1, -0.05) is 18.2 Å². The van der Waals surface area contributed by atoms with Crippen LogP contribution in [-0.2, 0) is 6.42 Å². The Morgan fingerprint density at radius 2 is 2.12 bits per heavy atom. The molecule has 0 saturated heterocycles. The number of thioether (sulfide) groups is 1. The Kier molecular flexibility index (Phi) is 2.65. The third-order valence-corrected chi connectivity index (χ3v) is 5.05. The summed E-state index contributed by atoms with van der Waals surface area (Å²) < 4.78 is 7.21. The van der Waals surface area contributed by atoms with E-state index in [1.165, 1.54) is 20.9 Å². The van der Waals surface area contributed by atoms with Crippen LogP contribution in [0.4, 0.5) is 0 Å². The van der Waals surface area contributed by atoms with Crippen LogP contribution in [0.3, 0.4) is 0 Å². The van der Waals surface area contributed by atoms with Crippen LogP contribution in [0.2, 0.25) is 0 Å². The predicted octanol–water partition coefficient (Wildman–Crippen LogP) is 4.07. The minimum absolute atomic E-state index is 0.786. The minimum atomic E-state index is 0.786. The molecule has 1 aromatic carbocycles. The van der Waals surface area contributed by atoms with Gasteiger partial charge in [-0.05, 0) is 17.9 Å². The van der Waals surface area contributed by atoms with Crippen molar-refractivity contribution in [2.75, 3.05) is 12.9 Å². The number of hydrogen-bond acceptors (Lipinski definition) is 3. The summed E-state index contributed by atoms with van der Waals surface area (Å²) in [6.07, 6.45) is 3.16. The molecule has 3 heteroatoms. The van der Waals surface area contributed by atoms with Gasteiger partial charge in [-0.15, -0.1) is 23.1 Å². The second-order valence-electron chi connectivity index (χ2n) is 3.71. The Morgan fingerprint density at radius 3 is 3.00 bits per heavy atom. The number of thiophene rings is 1. The van der Waals surface area contributed by atoms with Crippen molar-refractivity contribution in [1.29, 1.82) is 0 Å². The lowest BCUT2D eigenvalue weighted by atomic mass is 10.0. The highest BCUT2D eigenvalue weighted by atomic mass is 32.2. The molecule has 0 aliphatic carbocycles. The molecule has 0 atom stereocenters. The molecule has 3 rings (SSSR count). The lowest BCUT2D eigenvalue weighted by Gasteiger charge is -2.05. The van der Waals surface area contributed by atoms with Crippen molar-refractivity contribution < 1.29 is 4.74 Å². The van der Waals surface area contributed by atoms with Gasteiger partial charge in [0.15, 0.2) is 0 Å². The van der Waals surface area contributed by atoms with Crippen LogP contribution in [-0.4, -0.2) is 12.9 Å². The van der Waals surface area contributed by atoms with Gasteiger partial charge in [0.1, 0.15) is 5.75 Å². The van der Waals surface area contributed by atoms with Gasteiger partial charge in [0.25, 0.3) is 0 Å². The Bertz CT molecular complexity index is 516. The molecule has 16 heavy (non-hydrogen) atoms. The Morgan fingerprint density at radius 1 is 1.25 bits per heavy atom. The van der Waals surface area contributed by atoms with Crippen molar-refractivity contribution >= 4 is 23.1 Å². The Hall–Kier alpha value is -0.930. The normalized spacial score (nSPS) is 13.6. The van der Waals surface area contributed by atoms with E-state index in [0.29, 0.717) is 0 Å². The fraction of sp³-hybridized carbons (Fsp3) is 0.231. The second kappa shape index (κ2) is 4.15. The van der Waals surface area contributed by atoms with E-state index in [0.717, 1.165) is 18.8 Å². The molecule has 1 aliphatic heterocycles. The molecule has 1 aromatic heterocycles. The fourth-order valence-corrected chi connectivity index (χ4v) is 3.91. The summed E-state index contributed by atoms with van der Waals surface area (Å²) in [5, 5.41) is 2.26. The Labute approximate surface area is 103 Å². The zero-order valence-corrected chi connectivity index (χ0v) is 10.7. The largest absolute Gasteiger partial charge is 0.493 e. The number of ether oxygens (including phenoxy) is 1. The van der Waals surface area contributed by atoms with Crippen LogP contribution in [0, 0.1) is 0 Å². The van der Waals surface area contributed by atoms with Gasteiger partial charge in [-0.25, -0.2) is 0 Å². The van der Waals surface area contributed by atoms with Crippen molar-refractivity contribution in [3.05, 3.63) is 35.2 Å². The van der Waals surface area contributed by atoms with Crippen LogP contribution >= 0.6 is 23.1 Å². The summed E-state index contributed by atoms with van der Waals surface area (Å²) in [6, 6.07) is 8.32. The van der Waals surface area contributed by atoms with E-state index < -0.39 is 0 Å². The quantitative estimate of drug-likeness (QED) is 0.703. The first-order valence-corrected chi connectivity index (χ1v) is 7.37. The molecule has 0 N–H and O–H groups in total. The highest BCUT2D eigenvalue weighted by Gasteiger charge is 2.18. The van der Waals surface area contributed by atoms with E-state index in [2.05, 4.69) is 29.8 Å². The summed E-state index contributed by atoms with van der Waals surface area (Å²) in [5.74, 6) is 1.02. The zero-order chi connectivity index (χ0) is 11.0. The van der Waals surface area contributed by atoms with Crippen LogP contribution in [0.1, 0.15) is 5.56 Å². The molecule has 0 unspecified atom stereocenters. The first kappa shape index (κ1) is 10.2. The van der Waals surface area contributed by atoms with Crippen molar-refractivity contribution in [2.24, 2.45) is 0 Å². The van der Waals surface area contributed by atoms with E-state index in [9.17, 15) is 0 Å². The highest BCUT2D eigenvalue weighted by molar-refractivity contribution is 8.00. The second-order valence-corrected chi connectivity index (χ2v) is 5.67. The summed E-state index contributed by atoms with van der Waals surface area (Å²) in [6.45, 7) is 0.786. The number of hydrogen-bond donors (Lipinski definition) is 0. The van der Waals surface area contributed by atoms with Gasteiger partial charge >= 0.3 is 0 Å². The van der Waals surface area contributed by atoms with E-state index in [1.807, 2.05) is 29.2 Å². The summed E-state index contributed by atoms with van der Waals surface area (Å²) in [5.41, 5.74) is 4.07. The molecule has 0 amide bonds. The molecule has 0 bridgehead atoms. The SMILES string of the molecule is CSc1scc2c1CCOc1ccccc1-2. The van der Waals surface area contributed by atoms with E-state index in [4.69, 9.17) is 4.74 Å². The van der Waals surface area contributed by atoms with Crippen molar-refractivity contribution in [3.8, 4) is 16.9 Å². The molecular weight excluding hydrogens is 236 g/mol. The smallest absolute Gasteiger partial charge is 0.127 e. The number of fused-ring (bicyclic) bond motifs is 3. The minimum Gasteiger partial charge on any atom is -0.493 e. The van der Waals surface area contributed by atoms with Crippen LogP contribution < -0.4 is 4.74 Å². The Balaban J connectivity index is 2.22. The maximum atomic E-state index is 5.78. The highest BCUT2D eigenvalue weighted by Crippen LogP contribution is 2.42. The molecular formula is C13H12OS2. The van der Waals surface area contributed by atoms with E-state index >= 15 is 0 Å². The van der Waals surface area contributed by atoms with Crippen LogP contribution in [0.15, 0.2) is 33.9 Å². The molecule has 1 aliphatic rings. The molecule has 0 spiro atoms. The van der Waals surface area contributed by atoms with Crippen molar-refractivity contribution in [3.63, 3.8) is 0 Å². The summed E-state index contributed by atoms with van der Waals surface area (Å²) in [7, 11) is 0. The van der Waals surface area contributed by atoms with Gasteiger partial charge in [-0.2, -0.15) is 0 Å². The molecule has 1 nitrogen and oxygen atoms in total. The predicted molar refractivity (Wildman–Crippen MR) is 70.7 cm³/mol. The third kappa shape index (κ3) is 1.55. The zero-order valence-electron chi connectivity index (χ0n) is 9.03. The van der Waals surface area contributed by atoms with Crippen LogP contribution in [0.5, 0.6) is 5.75 Å². The maximum absolute atomic E-state index is 5.78. The number of para-hydroxylation sites is 1. The van der Waals surface area contributed by atoms with Gasteiger partial charge < -0.3 is 4.74 Å². The van der Waals surface area contributed by atoms with Crippen molar-refractivity contribution in [1.82, 2.24) is 0 Å². The maximum Gasteiger partial charge on any atom is 0.127 e. The summed E-state index contributed by atoms with van der Waals surface area (Å²) >= 11 is 3.68. The molecule has 2 aromatic rings. The monoisotopic (exact) mass is 248 g/mol. The van der Waals surface area contributed by atoms with E-state index in [-0.39, 0.29) is 0 Å². The topological polar surface area (TPSA) is 9.23 Å². The number of rotatable bonds is 1. The molecule has 0 saturated carbocycles. The first-order chi connectivity index (χ1) is 7.90.